The first-order valence-electron chi connectivity index (χ1n) is 6.31. The highest BCUT2D eigenvalue weighted by atomic mass is 19.4. The van der Waals surface area contributed by atoms with Crippen LogP contribution in [-0.2, 0) is 6.18 Å². The van der Waals surface area contributed by atoms with Crippen LogP contribution in [0.5, 0.6) is 0 Å². The lowest BCUT2D eigenvalue weighted by Gasteiger charge is -2.23. The lowest BCUT2D eigenvalue weighted by molar-refractivity contribution is -0.137. The van der Waals surface area contributed by atoms with Crippen LogP contribution in [0.4, 0.5) is 24.8 Å². The minimum absolute atomic E-state index is 0.0362. The zero-order valence-corrected chi connectivity index (χ0v) is 10.5. The highest BCUT2D eigenvalue weighted by molar-refractivity contribution is 5.51. The normalized spacial score (nSPS) is 17.2. The minimum Gasteiger partial charge on any atom is -0.357 e. The molecule has 0 amide bonds. The van der Waals surface area contributed by atoms with E-state index in [1.165, 1.54) is 0 Å². The van der Waals surface area contributed by atoms with E-state index in [1.54, 1.807) is 0 Å². The minimum atomic E-state index is -4.39. The molecular weight excluding hydrogens is 257 g/mol. The third-order valence-corrected chi connectivity index (χ3v) is 3.22. The van der Waals surface area contributed by atoms with Crippen molar-refractivity contribution in [2.75, 3.05) is 23.4 Å². The van der Waals surface area contributed by atoms with E-state index in [1.807, 2.05) is 4.90 Å². The third kappa shape index (κ3) is 3.50. The molecule has 1 aliphatic rings. The van der Waals surface area contributed by atoms with E-state index in [-0.39, 0.29) is 5.82 Å². The van der Waals surface area contributed by atoms with Crippen LogP contribution >= 0.6 is 0 Å². The van der Waals surface area contributed by atoms with Crippen LogP contribution in [0.1, 0.15) is 31.2 Å². The summed E-state index contributed by atoms with van der Waals surface area (Å²) in [4.78, 5) is 6.01. The Morgan fingerprint density at radius 1 is 1.11 bits per heavy atom. The van der Waals surface area contributed by atoms with Gasteiger partial charge in [-0.25, -0.2) is 10.8 Å². The van der Waals surface area contributed by atoms with E-state index < -0.39 is 11.7 Å². The fraction of sp³-hybridized carbons (Fsp3) is 0.583. The van der Waals surface area contributed by atoms with Crippen molar-refractivity contribution in [1.82, 2.24) is 4.98 Å². The van der Waals surface area contributed by atoms with Gasteiger partial charge < -0.3 is 10.3 Å². The molecule has 1 aromatic heterocycles. The molecule has 0 saturated carbocycles. The summed E-state index contributed by atoms with van der Waals surface area (Å²) in [6.45, 7) is 1.47. The molecule has 0 aromatic carbocycles. The second-order valence-corrected chi connectivity index (χ2v) is 4.64. The molecule has 0 spiro atoms. The number of anilines is 2. The highest BCUT2D eigenvalue weighted by Crippen LogP contribution is 2.33. The number of hydrazine groups is 1. The van der Waals surface area contributed by atoms with Gasteiger partial charge in [0.05, 0.1) is 5.56 Å². The van der Waals surface area contributed by atoms with Gasteiger partial charge in [0.2, 0.25) is 0 Å². The summed E-state index contributed by atoms with van der Waals surface area (Å²) in [5.41, 5.74) is 1.47. The molecule has 1 aliphatic heterocycles. The average Bonchev–Trinajstić information content (AvgIpc) is 2.66. The lowest BCUT2D eigenvalue weighted by Crippen LogP contribution is -2.26. The number of hydrogen-bond donors (Lipinski definition) is 2. The molecule has 1 aromatic rings. The number of nitrogens with zero attached hydrogens (tertiary/aromatic N) is 2. The van der Waals surface area contributed by atoms with E-state index in [2.05, 4.69) is 10.4 Å². The Bertz CT molecular complexity index is 425. The highest BCUT2D eigenvalue weighted by Gasteiger charge is 2.32. The van der Waals surface area contributed by atoms with Crippen LogP contribution in [0.25, 0.3) is 0 Å². The van der Waals surface area contributed by atoms with Crippen LogP contribution in [0.15, 0.2) is 12.1 Å². The van der Waals surface area contributed by atoms with Gasteiger partial charge in [-0.15, -0.1) is 0 Å². The molecular formula is C12H17F3N4. The Morgan fingerprint density at radius 2 is 1.74 bits per heavy atom. The average molecular weight is 274 g/mol. The first-order chi connectivity index (χ1) is 9.00. The first kappa shape index (κ1) is 13.9. The number of rotatable bonds is 2. The third-order valence-electron chi connectivity index (χ3n) is 3.22. The van der Waals surface area contributed by atoms with Crippen molar-refractivity contribution in [3.8, 4) is 0 Å². The smallest absolute Gasteiger partial charge is 0.357 e. The maximum absolute atomic E-state index is 12.8. The van der Waals surface area contributed by atoms with Gasteiger partial charge in [-0.05, 0) is 25.0 Å². The van der Waals surface area contributed by atoms with Gasteiger partial charge in [0.1, 0.15) is 11.6 Å². The quantitative estimate of drug-likeness (QED) is 0.643. The summed E-state index contributed by atoms with van der Waals surface area (Å²) in [5, 5.41) is 0. The number of alkyl halides is 3. The Balaban J connectivity index is 2.33. The molecule has 106 valence electrons. The van der Waals surface area contributed by atoms with Gasteiger partial charge in [-0.3, -0.25) is 0 Å². The molecule has 1 fully saturated rings. The molecule has 1 saturated heterocycles. The maximum atomic E-state index is 12.8. The zero-order valence-electron chi connectivity index (χ0n) is 10.5. The van der Waals surface area contributed by atoms with Crippen molar-refractivity contribution < 1.29 is 13.2 Å². The van der Waals surface area contributed by atoms with Crippen LogP contribution in [0.2, 0.25) is 0 Å². The summed E-state index contributed by atoms with van der Waals surface area (Å²) in [6.07, 6.45) is -0.226. The number of pyridine rings is 1. The molecule has 0 unspecified atom stereocenters. The number of halogens is 3. The SMILES string of the molecule is NNc1cc(C(F)(F)F)cc(N2CCCCCC2)n1. The van der Waals surface area contributed by atoms with Gasteiger partial charge >= 0.3 is 6.18 Å². The Labute approximate surface area is 109 Å². The monoisotopic (exact) mass is 274 g/mol. The summed E-state index contributed by atoms with van der Waals surface area (Å²) >= 11 is 0. The fourth-order valence-corrected chi connectivity index (χ4v) is 2.22. The van der Waals surface area contributed by atoms with Crippen molar-refractivity contribution in [3.63, 3.8) is 0 Å². The Morgan fingerprint density at radius 3 is 2.26 bits per heavy atom. The molecule has 7 heteroatoms. The molecule has 0 aliphatic carbocycles. The second kappa shape index (κ2) is 5.64. The van der Waals surface area contributed by atoms with Crippen molar-refractivity contribution in [3.05, 3.63) is 17.7 Å². The van der Waals surface area contributed by atoms with Crippen molar-refractivity contribution >= 4 is 11.6 Å². The molecule has 4 nitrogen and oxygen atoms in total. The van der Waals surface area contributed by atoms with Gasteiger partial charge in [-0.1, -0.05) is 12.8 Å². The Kier molecular flexibility index (Phi) is 4.14. The van der Waals surface area contributed by atoms with E-state index in [4.69, 9.17) is 5.84 Å². The van der Waals surface area contributed by atoms with E-state index in [9.17, 15) is 13.2 Å². The standard InChI is InChI=1S/C12H17F3N4/c13-12(14,15)9-7-10(18-16)17-11(8-9)19-5-3-1-2-4-6-19/h7-8H,1-6,16H2,(H,17,18). The second-order valence-electron chi connectivity index (χ2n) is 4.64. The molecule has 0 radical (unpaired) electrons. The van der Waals surface area contributed by atoms with Crippen LogP contribution < -0.4 is 16.2 Å². The number of aromatic nitrogens is 1. The fourth-order valence-electron chi connectivity index (χ4n) is 2.22. The molecule has 0 atom stereocenters. The topological polar surface area (TPSA) is 54.2 Å². The number of nitrogens with two attached hydrogens (primary N) is 1. The van der Waals surface area contributed by atoms with E-state index in [0.717, 1.165) is 50.9 Å². The predicted molar refractivity (Wildman–Crippen MR) is 67.7 cm³/mol. The summed E-state index contributed by atoms with van der Waals surface area (Å²) in [6, 6.07) is 2.01. The van der Waals surface area contributed by atoms with Gasteiger partial charge in [-0.2, -0.15) is 13.2 Å². The van der Waals surface area contributed by atoms with Gasteiger partial charge in [0.25, 0.3) is 0 Å². The first-order valence-corrected chi connectivity index (χ1v) is 6.31. The van der Waals surface area contributed by atoms with Gasteiger partial charge in [0, 0.05) is 13.1 Å². The summed E-state index contributed by atoms with van der Waals surface area (Å²) < 4.78 is 38.5. The molecule has 0 bridgehead atoms. The summed E-state index contributed by atoms with van der Waals surface area (Å²) in [7, 11) is 0. The predicted octanol–water partition coefficient (Wildman–Crippen LogP) is 2.77. The van der Waals surface area contributed by atoms with Crippen molar-refractivity contribution in [1.29, 1.82) is 0 Å². The lowest BCUT2D eigenvalue weighted by atomic mass is 10.2. The summed E-state index contributed by atoms with van der Waals surface area (Å²) in [5.74, 6) is 5.57. The van der Waals surface area contributed by atoms with Gasteiger partial charge in [0.15, 0.2) is 0 Å². The van der Waals surface area contributed by atoms with E-state index >= 15 is 0 Å². The largest absolute Gasteiger partial charge is 0.416 e. The van der Waals surface area contributed by atoms with E-state index in [0.29, 0.717) is 5.82 Å². The van der Waals surface area contributed by atoms with Crippen molar-refractivity contribution in [2.45, 2.75) is 31.9 Å². The van der Waals surface area contributed by atoms with Crippen molar-refractivity contribution in [2.24, 2.45) is 5.84 Å². The molecule has 2 rings (SSSR count). The van der Waals surface area contributed by atoms with Crippen LogP contribution in [0.3, 0.4) is 0 Å². The van der Waals surface area contributed by atoms with Crippen LogP contribution in [0, 0.1) is 0 Å². The number of hydrogen-bond acceptors (Lipinski definition) is 4. The molecule has 19 heavy (non-hydrogen) atoms. The molecule has 2 heterocycles. The number of nitrogen functional groups attached to an aromatic ring is 1. The zero-order chi connectivity index (χ0) is 13.9. The Hall–Kier alpha value is -1.50. The van der Waals surface area contributed by atoms with Crippen LogP contribution in [-0.4, -0.2) is 18.1 Å². The maximum Gasteiger partial charge on any atom is 0.416 e. The molecule has 3 N–H and O–H groups in total. The number of nitrogens with one attached hydrogen (secondary N) is 1.